The lowest BCUT2D eigenvalue weighted by Crippen LogP contribution is -2.38. The Balaban J connectivity index is 1.68. The minimum Gasteiger partial charge on any atom is -0.365 e. The minimum atomic E-state index is -0.238. The Bertz CT molecular complexity index is 505. The number of carbonyl (C=O) groups is 1. The van der Waals surface area contributed by atoms with E-state index >= 15 is 0 Å². The number of amides is 1. The monoisotopic (exact) mass is 302 g/mol. The maximum atomic E-state index is 12.7. The molecule has 22 heavy (non-hydrogen) atoms. The van der Waals surface area contributed by atoms with Crippen LogP contribution >= 0.6 is 0 Å². The molecule has 2 aliphatic rings. The summed E-state index contributed by atoms with van der Waals surface area (Å²) in [7, 11) is 0. The van der Waals surface area contributed by atoms with Crippen LogP contribution in [-0.4, -0.2) is 42.6 Å². The number of hydrogen-bond acceptors (Lipinski definition) is 3. The molecule has 0 saturated carbocycles. The predicted octanol–water partition coefficient (Wildman–Crippen LogP) is 2.14. The first-order valence-corrected chi connectivity index (χ1v) is 8.42. The van der Waals surface area contributed by atoms with Crippen molar-refractivity contribution in [3.05, 3.63) is 35.9 Å². The van der Waals surface area contributed by atoms with E-state index in [1.165, 1.54) is 5.56 Å². The van der Waals surface area contributed by atoms with Crippen LogP contribution in [0.2, 0.25) is 0 Å². The highest BCUT2D eigenvalue weighted by atomic mass is 16.5. The van der Waals surface area contributed by atoms with Crippen LogP contribution in [0.3, 0.4) is 0 Å². The van der Waals surface area contributed by atoms with Crippen molar-refractivity contribution in [2.24, 2.45) is 11.7 Å². The molecule has 0 aromatic heterocycles. The summed E-state index contributed by atoms with van der Waals surface area (Å²) in [5.74, 6) is 0.848. The second kappa shape index (κ2) is 6.80. The van der Waals surface area contributed by atoms with Gasteiger partial charge in [0.05, 0.1) is 6.10 Å². The van der Waals surface area contributed by atoms with Gasteiger partial charge in [-0.3, -0.25) is 4.79 Å². The van der Waals surface area contributed by atoms with Crippen molar-refractivity contribution in [3.63, 3.8) is 0 Å². The summed E-state index contributed by atoms with van der Waals surface area (Å²) in [4.78, 5) is 14.7. The predicted molar refractivity (Wildman–Crippen MR) is 86.5 cm³/mol. The molecule has 2 N–H and O–H groups in total. The van der Waals surface area contributed by atoms with Crippen LogP contribution in [0.5, 0.6) is 0 Å². The number of benzene rings is 1. The van der Waals surface area contributed by atoms with Gasteiger partial charge in [0.25, 0.3) is 5.91 Å². The van der Waals surface area contributed by atoms with Gasteiger partial charge in [-0.15, -0.1) is 0 Å². The number of rotatable bonds is 4. The normalized spacial score (nSPS) is 31.6. The third kappa shape index (κ3) is 3.03. The summed E-state index contributed by atoms with van der Waals surface area (Å²) < 4.78 is 5.87. The Kier molecular flexibility index (Phi) is 4.79. The Morgan fingerprint density at radius 3 is 2.68 bits per heavy atom. The zero-order valence-corrected chi connectivity index (χ0v) is 13.3. The maximum Gasteiger partial charge on any atom is 0.251 e. The quantitative estimate of drug-likeness (QED) is 0.927. The molecule has 2 saturated heterocycles. The lowest BCUT2D eigenvalue weighted by atomic mass is 9.89. The van der Waals surface area contributed by atoms with Gasteiger partial charge in [-0.2, -0.15) is 0 Å². The van der Waals surface area contributed by atoms with Crippen molar-refractivity contribution < 1.29 is 9.53 Å². The first kappa shape index (κ1) is 15.5. The van der Waals surface area contributed by atoms with Crippen LogP contribution in [-0.2, 0) is 9.53 Å². The third-order valence-electron chi connectivity index (χ3n) is 5.12. The van der Waals surface area contributed by atoms with E-state index in [0.29, 0.717) is 18.4 Å². The number of nitrogens with two attached hydrogens (primary N) is 1. The Morgan fingerprint density at radius 1 is 1.27 bits per heavy atom. The van der Waals surface area contributed by atoms with Gasteiger partial charge >= 0.3 is 0 Å². The molecule has 2 unspecified atom stereocenters. The summed E-state index contributed by atoms with van der Waals surface area (Å²) in [6.45, 7) is 4.25. The van der Waals surface area contributed by atoms with E-state index in [-0.39, 0.29) is 18.1 Å². The van der Waals surface area contributed by atoms with Crippen molar-refractivity contribution >= 4 is 5.91 Å². The SMILES string of the molecule is CCC1CCC(C(=O)N2C[C@@H](CN)[C@H](c3ccccc3)C2)O1. The highest BCUT2D eigenvalue weighted by Gasteiger charge is 2.39. The molecule has 4 heteroatoms. The summed E-state index contributed by atoms with van der Waals surface area (Å²) in [6, 6.07) is 10.4. The Hall–Kier alpha value is -1.39. The molecular formula is C18H26N2O2. The number of nitrogens with zero attached hydrogens (tertiary/aromatic N) is 1. The Morgan fingerprint density at radius 2 is 2.05 bits per heavy atom. The largest absolute Gasteiger partial charge is 0.365 e. The molecule has 120 valence electrons. The molecule has 3 rings (SSSR count). The molecule has 0 aliphatic carbocycles. The fourth-order valence-electron chi connectivity index (χ4n) is 3.76. The molecule has 2 fully saturated rings. The lowest BCUT2D eigenvalue weighted by molar-refractivity contribution is -0.142. The Labute approximate surface area is 132 Å². The maximum absolute atomic E-state index is 12.7. The molecule has 1 aromatic rings. The first-order valence-electron chi connectivity index (χ1n) is 8.42. The van der Waals surface area contributed by atoms with Gasteiger partial charge in [0.15, 0.2) is 0 Å². The lowest BCUT2D eigenvalue weighted by Gasteiger charge is -2.21. The zero-order chi connectivity index (χ0) is 15.5. The second-order valence-corrected chi connectivity index (χ2v) is 6.49. The van der Waals surface area contributed by atoms with Crippen molar-refractivity contribution in [1.29, 1.82) is 0 Å². The van der Waals surface area contributed by atoms with E-state index in [0.717, 1.165) is 32.4 Å². The van der Waals surface area contributed by atoms with E-state index < -0.39 is 0 Å². The molecule has 0 bridgehead atoms. The standard InChI is InChI=1S/C18H26N2O2/c1-2-15-8-9-17(22-15)18(21)20-11-14(10-19)16(12-20)13-6-4-3-5-7-13/h3-7,14-17H,2,8-12,19H2,1H3/t14-,15?,16+,17?/m1/s1. The molecule has 1 aromatic carbocycles. The summed E-state index contributed by atoms with van der Waals surface area (Å²) in [6.07, 6.45) is 2.87. The molecule has 2 heterocycles. The van der Waals surface area contributed by atoms with E-state index in [2.05, 4.69) is 31.2 Å². The third-order valence-corrected chi connectivity index (χ3v) is 5.12. The van der Waals surface area contributed by atoms with E-state index in [4.69, 9.17) is 10.5 Å². The smallest absolute Gasteiger partial charge is 0.251 e. The number of carbonyl (C=O) groups excluding carboxylic acids is 1. The molecule has 4 nitrogen and oxygen atoms in total. The number of likely N-dealkylation sites (tertiary alicyclic amines) is 1. The van der Waals surface area contributed by atoms with Gasteiger partial charge in [0, 0.05) is 19.0 Å². The van der Waals surface area contributed by atoms with E-state index in [1.54, 1.807) is 0 Å². The van der Waals surface area contributed by atoms with Gasteiger partial charge in [0.1, 0.15) is 6.10 Å². The molecule has 4 atom stereocenters. The van der Waals surface area contributed by atoms with Crippen LogP contribution in [0, 0.1) is 5.92 Å². The second-order valence-electron chi connectivity index (χ2n) is 6.49. The van der Waals surface area contributed by atoms with Crippen molar-refractivity contribution in [2.75, 3.05) is 19.6 Å². The van der Waals surface area contributed by atoms with Gasteiger partial charge in [-0.1, -0.05) is 37.3 Å². The summed E-state index contributed by atoms with van der Waals surface area (Å²) >= 11 is 0. The van der Waals surface area contributed by atoms with Gasteiger partial charge in [-0.05, 0) is 37.3 Å². The fourth-order valence-corrected chi connectivity index (χ4v) is 3.76. The van der Waals surface area contributed by atoms with Crippen LogP contribution in [0.1, 0.15) is 37.7 Å². The minimum absolute atomic E-state index is 0.160. The van der Waals surface area contributed by atoms with Gasteiger partial charge in [0.2, 0.25) is 0 Å². The highest BCUT2D eigenvalue weighted by molar-refractivity contribution is 5.81. The molecule has 2 aliphatic heterocycles. The van der Waals surface area contributed by atoms with Gasteiger partial charge in [-0.25, -0.2) is 0 Å². The number of ether oxygens (including phenoxy) is 1. The zero-order valence-electron chi connectivity index (χ0n) is 13.3. The van der Waals surface area contributed by atoms with Crippen molar-refractivity contribution in [1.82, 2.24) is 4.90 Å². The molecule has 0 radical (unpaired) electrons. The first-order chi connectivity index (χ1) is 10.7. The summed E-state index contributed by atoms with van der Waals surface area (Å²) in [5, 5.41) is 0. The topological polar surface area (TPSA) is 55.6 Å². The molecular weight excluding hydrogens is 276 g/mol. The van der Waals surface area contributed by atoms with Crippen LogP contribution in [0.15, 0.2) is 30.3 Å². The van der Waals surface area contributed by atoms with Crippen LogP contribution in [0.25, 0.3) is 0 Å². The van der Waals surface area contributed by atoms with Gasteiger partial charge < -0.3 is 15.4 Å². The number of hydrogen-bond donors (Lipinski definition) is 1. The van der Waals surface area contributed by atoms with E-state index in [9.17, 15) is 4.79 Å². The average Bonchev–Trinajstić information content (AvgIpc) is 3.21. The van der Waals surface area contributed by atoms with Crippen molar-refractivity contribution in [2.45, 2.75) is 44.3 Å². The summed E-state index contributed by atoms with van der Waals surface area (Å²) in [5.41, 5.74) is 7.24. The van der Waals surface area contributed by atoms with Crippen LogP contribution in [0.4, 0.5) is 0 Å². The highest BCUT2D eigenvalue weighted by Crippen LogP contribution is 2.33. The van der Waals surface area contributed by atoms with Crippen molar-refractivity contribution in [3.8, 4) is 0 Å². The average molecular weight is 302 g/mol. The fraction of sp³-hybridized carbons (Fsp3) is 0.611. The molecule has 1 amide bonds. The van der Waals surface area contributed by atoms with Crippen LogP contribution < -0.4 is 5.73 Å². The van der Waals surface area contributed by atoms with E-state index in [1.807, 2.05) is 11.0 Å². The molecule has 0 spiro atoms.